The lowest BCUT2D eigenvalue weighted by molar-refractivity contribution is -0.130. The van der Waals surface area contributed by atoms with Gasteiger partial charge >= 0.3 is 0 Å². The SMILES string of the molecule is COc1ccc([C@H]2C(=CC[Si](C)(C)C)C(=O)N2c2cc(OC)c(OC)c(OC)c2)cc1O.COc1ccc([C@H]2[C@@H](CC[Si](C)(C)C)C(=O)N2c2cc(OC)c(OC)c(OC)c2)cc1O. The van der Waals surface area contributed by atoms with Crippen molar-refractivity contribution in [2.24, 2.45) is 5.92 Å². The summed E-state index contributed by atoms with van der Waals surface area (Å²) in [4.78, 5) is 30.1. The zero-order valence-corrected chi connectivity index (χ0v) is 41.6. The lowest BCUT2D eigenvalue weighted by Gasteiger charge is -2.48. The average molecular weight is 917 g/mol. The van der Waals surface area contributed by atoms with E-state index >= 15 is 0 Å². The van der Waals surface area contributed by atoms with Crippen LogP contribution in [-0.4, -0.2) is 95.1 Å². The monoisotopic (exact) mass is 916 g/mol. The molecule has 0 radical (unpaired) electrons. The third-order valence-electron chi connectivity index (χ3n) is 11.3. The van der Waals surface area contributed by atoms with Gasteiger partial charge in [0.05, 0.1) is 86.3 Å². The maximum atomic E-state index is 13.4. The van der Waals surface area contributed by atoms with Gasteiger partial charge in [-0.1, -0.05) is 63.5 Å². The van der Waals surface area contributed by atoms with Crippen LogP contribution in [0.15, 0.2) is 72.3 Å². The first-order valence-electron chi connectivity index (χ1n) is 21.0. The molecule has 0 bridgehead atoms. The van der Waals surface area contributed by atoms with E-state index in [2.05, 4.69) is 45.4 Å². The topological polar surface area (TPSA) is 155 Å². The molecule has 0 unspecified atom stereocenters. The Balaban J connectivity index is 0.000000241. The molecule has 4 aromatic rings. The Morgan fingerprint density at radius 1 is 0.547 bits per heavy atom. The summed E-state index contributed by atoms with van der Waals surface area (Å²) in [6.07, 6.45) is 2.86. The molecule has 2 fully saturated rings. The number of phenols is 2. The second kappa shape index (κ2) is 20.2. The number of aromatic hydroxyl groups is 2. The third-order valence-corrected chi connectivity index (χ3v) is 14.5. The van der Waals surface area contributed by atoms with Crippen molar-refractivity contribution in [1.29, 1.82) is 0 Å². The van der Waals surface area contributed by atoms with E-state index in [9.17, 15) is 19.8 Å². The first-order chi connectivity index (χ1) is 30.3. The molecule has 2 aliphatic rings. The van der Waals surface area contributed by atoms with Crippen molar-refractivity contribution in [2.75, 3.05) is 66.7 Å². The van der Waals surface area contributed by atoms with E-state index in [0.717, 1.165) is 29.6 Å². The third kappa shape index (κ3) is 10.3. The van der Waals surface area contributed by atoms with Crippen LogP contribution < -0.4 is 47.7 Å². The van der Waals surface area contributed by atoms with E-state index in [1.807, 2.05) is 12.1 Å². The molecule has 14 nitrogen and oxygen atoms in total. The van der Waals surface area contributed by atoms with Gasteiger partial charge in [-0.15, -0.1) is 0 Å². The summed E-state index contributed by atoms with van der Waals surface area (Å²) >= 11 is 0. The Bertz CT molecular complexity index is 2310. The molecule has 6 rings (SSSR count). The Hall–Kier alpha value is -6.01. The van der Waals surface area contributed by atoms with Crippen LogP contribution >= 0.6 is 0 Å². The van der Waals surface area contributed by atoms with Crippen molar-refractivity contribution in [1.82, 2.24) is 0 Å². The van der Waals surface area contributed by atoms with Gasteiger partial charge in [0.2, 0.25) is 17.4 Å². The molecule has 0 aliphatic carbocycles. The molecule has 0 aromatic heterocycles. The van der Waals surface area contributed by atoms with Crippen molar-refractivity contribution in [2.45, 2.75) is 69.9 Å². The summed E-state index contributed by atoms with van der Waals surface area (Å²) in [6.45, 7) is 13.7. The number of hydrogen-bond donors (Lipinski definition) is 2. The number of nitrogens with zero attached hydrogens (tertiary/aromatic N) is 2. The number of rotatable bonds is 17. The van der Waals surface area contributed by atoms with Gasteiger partial charge < -0.3 is 53.0 Å². The maximum absolute atomic E-state index is 13.4. The minimum absolute atomic E-state index is 0.0266. The van der Waals surface area contributed by atoms with Crippen molar-refractivity contribution >= 4 is 39.3 Å². The van der Waals surface area contributed by atoms with Gasteiger partial charge in [0.25, 0.3) is 5.91 Å². The molecule has 64 heavy (non-hydrogen) atoms. The zero-order chi connectivity index (χ0) is 47.3. The van der Waals surface area contributed by atoms with E-state index in [1.165, 1.54) is 35.5 Å². The van der Waals surface area contributed by atoms with Gasteiger partial charge in [0, 0.05) is 46.0 Å². The minimum Gasteiger partial charge on any atom is -0.504 e. The number of carbonyl (C=O) groups is 2. The number of β-lactam (4-membered cyclic amide) rings is 2. The fourth-order valence-corrected chi connectivity index (χ4v) is 9.93. The normalized spacial score (nSPS) is 17.7. The summed E-state index contributed by atoms with van der Waals surface area (Å²) in [5.41, 5.74) is 3.64. The molecule has 0 spiro atoms. The first kappa shape index (κ1) is 49.0. The summed E-state index contributed by atoms with van der Waals surface area (Å²) < 4.78 is 43.1. The van der Waals surface area contributed by atoms with Crippen molar-refractivity contribution < 1.29 is 57.7 Å². The van der Waals surface area contributed by atoms with Gasteiger partial charge in [-0.2, -0.15) is 0 Å². The summed E-state index contributed by atoms with van der Waals surface area (Å²) in [5, 5.41) is 20.7. The molecular formula is C48H64N2O12Si2. The first-order valence-corrected chi connectivity index (χ1v) is 28.4. The highest BCUT2D eigenvalue weighted by molar-refractivity contribution is 6.76. The highest BCUT2D eigenvalue weighted by Gasteiger charge is 2.49. The van der Waals surface area contributed by atoms with E-state index in [0.29, 0.717) is 62.9 Å². The van der Waals surface area contributed by atoms with Crippen molar-refractivity contribution in [3.63, 3.8) is 0 Å². The molecular weight excluding hydrogens is 853 g/mol. The lowest BCUT2D eigenvalue weighted by atomic mass is 9.80. The average Bonchev–Trinajstić information content (AvgIpc) is 3.25. The van der Waals surface area contributed by atoms with Gasteiger partial charge in [0.15, 0.2) is 46.0 Å². The predicted molar refractivity (Wildman–Crippen MR) is 254 cm³/mol. The van der Waals surface area contributed by atoms with Crippen molar-refractivity contribution in [3.05, 3.63) is 83.4 Å². The maximum Gasteiger partial charge on any atom is 0.257 e. The van der Waals surface area contributed by atoms with Crippen LogP contribution in [0.2, 0.25) is 51.4 Å². The summed E-state index contributed by atoms with van der Waals surface area (Å²) in [6, 6.07) is 19.0. The molecule has 2 N–H and O–H groups in total. The van der Waals surface area contributed by atoms with E-state index < -0.39 is 16.1 Å². The molecule has 2 aliphatic heterocycles. The Labute approximate surface area is 379 Å². The predicted octanol–water partition coefficient (Wildman–Crippen LogP) is 9.64. The standard InChI is InChI=1S/C24H33NO6Si.C24H31NO6Si/c2*1-28-19-9-8-15(12-18(19)26)22-17(10-11-32(5,6)7)24(27)25(22)16-13-20(29-2)23(31-4)21(14-16)30-3/h8-9,12-14,17,22,26H,10-11H2,1-7H3;8-10,12-14,22,26H,11H2,1-7H3/t17-,22+;22-/m10/s1. The quantitative estimate of drug-likeness (QED) is 0.0589. The smallest absolute Gasteiger partial charge is 0.257 e. The fraction of sp³-hybridized carbons (Fsp3) is 0.417. The highest BCUT2D eigenvalue weighted by Crippen LogP contribution is 2.52. The van der Waals surface area contributed by atoms with E-state index in [4.69, 9.17) is 37.9 Å². The Kier molecular flexibility index (Phi) is 15.5. The number of ether oxygens (including phenoxy) is 8. The van der Waals surface area contributed by atoms with Crippen LogP contribution in [0.25, 0.3) is 0 Å². The van der Waals surface area contributed by atoms with Crippen molar-refractivity contribution in [3.8, 4) is 57.5 Å². The van der Waals surface area contributed by atoms with Crippen LogP contribution in [0.1, 0.15) is 29.6 Å². The van der Waals surface area contributed by atoms with Crippen LogP contribution in [0.5, 0.6) is 57.5 Å². The molecule has 346 valence electrons. The molecule has 16 heteroatoms. The number of allylic oxidation sites excluding steroid dienone is 1. The van der Waals surface area contributed by atoms with Gasteiger partial charge in [-0.3, -0.25) is 14.5 Å². The summed E-state index contributed by atoms with van der Waals surface area (Å²) in [7, 11) is 9.55. The fourth-order valence-electron chi connectivity index (χ4n) is 7.92. The lowest BCUT2D eigenvalue weighted by Crippen LogP contribution is -2.55. The van der Waals surface area contributed by atoms with Crippen LogP contribution in [0.3, 0.4) is 0 Å². The largest absolute Gasteiger partial charge is 0.504 e. The minimum atomic E-state index is -1.40. The number of hydrogen-bond acceptors (Lipinski definition) is 12. The Morgan fingerprint density at radius 2 is 0.969 bits per heavy atom. The number of carbonyl (C=O) groups excluding carboxylic acids is 2. The number of anilines is 2. The van der Waals surface area contributed by atoms with E-state index in [1.54, 1.807) is 79.7 Å². The molecule has 2 amide bonds. The highest BCUT2D eigenvalue weighted by atomic mass is 28.3. The number of benzene rings is 4. The van der Waals surface area contributed by atoms with Crippen LogP contribution in [0, 0.1) is 5.92 Å². The van der Waals surface area contributed by atoms with E-state index in [-0.39, 0.29) is 41.3 Å². The number of methoxy groups -OCH3 is 8. The van der Waals surface area contributed by atoms with Crippen LogP contribution in [-0.2, 0) is 9.59 Å². The summed E-state index contributed by atoms with van der Waals surface area (Å²) in [5.74, 6) is 3.49. The second-order valence-corrected chi connectivity index (χ2v) is 29.1. The van der Waals surface area contributed by atoms with Crippen LogP contribution in [0.4, 0.5) is 11.4 Å². The number of phenolic OH excluding ortho intramolecular Hbond substituents is 2. The molecule has 4 aromatic carbocycles. The molecule has 2 saturated heterocycles. The van der Waals surface area contributed by atoms with Gasteiger partial charge in [0.1, 0.15) is 0 Å². The molecule has 0 saturated carbocycles. The van der Waals surface area contributed by atoms with Gasteiger partial charge in [-0.25, -0.2) is 0 Å². The second-order valence-electron chi connectivity index (χ2n) is 18.0. The zero-order valence-electron chi connectivity index (χ0n) is 39.6. The number of amides is 2. The Morgan fingerprint density at radius 3 is 1.36 bits per heavy atom. The molecule has 2 heterocycles. The molecule has 3 atom stereocenters. The van der Waals surface area contributed by atoms with Gasteiger partial charge in [-0.05, 0) is 47.9 Å².